The average Bonchev–Trinajstić information content (AvgIpc) is 2.30. The topological polar surface area (TPSA) is 32.3 Å². The molecule has 5 heteroatoms. The minimum absolute atomic E-state index is 0.129. The summed E-state index contributed by atoms with van der Waals surface area (Å²) < 4.78 is 14.1. The molecule has 86 valence electrons. The summed E-state index contributed by atoms with van der Waals surface area (Å²) in [4.78, 5) is 13.7. The van der Waals surface area contributed by atoms with Crippen LogP contribution in [0.4, 0.5) is 4.39 Å². The fourth-order valence-corrected chi connectivity index (χ4v) is 2.24. The van der Waals surface area contributed by atoms with Crippen molar-refractivity contribution in [3.05, 3.63) is 34.1 Å². The van der Waals surface area contributed by atoms with Gasteiger partial charge in [-0.2, -0.15) is 0 Å². The van der Waals surface area contributed by atoms with Crippen LogP contribution in [0, 0.1) is 5.82 Å². The van der Waals surface area contributed by atoms with Crippen molar-refractivity contribution < 1.29 is 9.18 Å². The summed E-state index contributed by atoms with van der Waals surface area (Å²) in [6.45, 7) is 2.77. The van der Waals surface area contributed by atoms with Gasteiger partial charge in [-0.05, 0) is 28.1 Å². The standard InChI is InChI=1S/C11H12BrFN2O/c12-8-2-1-3-9(13)10(8)11(16)15-6-4-14-5-7-15/h1-3,14H,4-7H2. The molecular formula is C11H12BrFN2O. The molecule has 1 fully saturated rings. The van der Waals surface area contributed by atoms with E-state index in [1.54, 1.807) is 17.0 Å². The molecule has 1 heterocycles. The Balaban J connectivity index is 2.26. The van der Waals surface area contributed by atoms with Crippen LogP contribution in [-0.4, -0.2) is 37.0 Å². The van der Waals surface area contributed by atoms with Gasteiger partial charge in [0.25, 0.3) is 5.91 Å². The predicted octanol–water partition coefficient (Wildman–Crippen LogP) is 1.63. The van der Waals surface area contributed by atoms with Gasteiger partial charge in [0, 0.05) is 30.7 Å². The Hall–Kier alpha value is -0.940. The van der Waals surface area contributed by atoms with Gasteiger partial charge in [-0.1, -0.05) is 6.07 Å². The quantitative estimate of drug-likeness (QED) is 0.851. The molecule has 1 aliphatic heterocycles. The molecule has 1 N–H and O–H groups in total. The van der Waals surface area contributed by atoms with Gasteiger partial charge in [0.1, 0.15) is 5.82 Å². The van der Waals surface area contributed by atoms with Crippen molar-refractivity contribution in [1.82, 2.24) is 10.2 Å². The number of hydrogen-bond donors (Lipinski definition) is 1. The van der Waals surface area contributed by atoms with Gasteiger partial charge in [0.05, 0.1) is 5.56 Å². The fraction of sp³-hybridized carbons (Fsp3) is 0.364. The molecule has 1 aromatic rings. The summed E-state index contributed by atoms with van der Waals surface area (Å²) >= 11 is 3.21. The second kappa shape index (κ2) is 4.93. The maximum absolute atomic E-state index is 13.6. The average molecular weight is 287 g/mol. The number of halogens is 2. The van der Waals surface area contributed by atoms with Crippen molar-refractivity contribution in [1.29, 1.82) is 0 Å². The molecule has 0 saturated carbocycles. The lowest BCUT2D eigenvalue weighted by Gasteiger charge is -2.27. The Morgan fingerprint density at radius 3 is 2.69 bits per heavy atom. The molecule has 0 aliphatic carbocycles. The first-order valence-corrected chi connectivity index (χ1v) is 5.93. The molecule has 16 heavy (non-hydrogen) atoms. The van der Waals surface area contributed by atoms with E-state index in [-0.39, 0.29) is 11.5 Å². The highest BCUT2D eigenvalue weighted by Crippen LogP contribution is 2.21. The van der Waals surface area contributed by atoms with E-state index in [9.17, 15) is 9.18 Å². The van der Waals surface area contributed by atoms with Gasteiger partial charge in [0.2, 0.25) is 0 Å². The highest BCUT2D eigenvalue weighted by Gasteiger charge is 2.22. The van der Waals surface area contributed by atoms with Gasteiger partial charge in [-0.25, -0.2) is 4.39 Å². The third-order valence-corrected chi connectivity index (χ3v) is 3.24. The molecule has 1 amide bonds. The molecule has 1 aromatic carbocycles. The number of carbonyl (C=O) groups is 1. The Kier molecular flexibility index (Phi) is 3.56. The molecule has 0 atom stereocenters. The first-order valence-electron chi connectivity index (χ1n) is 5.14. The third-order valence-electron chi connectivity index (χ3n) is 2.58. The van der Waals surface area contributed by atoms with Crippen LogP contribution >= 0.6 is 15.9 Å². The van der Waals surface area contributed by atoms with Crippen LogP contribution < -0.4 is 5.32 Å². The molecule has 1 aliphatic rings. The maximum Gasteiger partial charge on any atom is 0.258 e. The van der Waals surface area contributed by atoms with Crippen LogP contribution in [0.2, 0.25) is 0 Å². The number of nitrogens with zero attached hydrogens (tertiary/aromatic N) is 1. The van der Waals surface area contributed by atoms with Crippen LogP contribution in [-0.2, 0) is 0 Å². The number of carbonyl (C=O) groups excluding carboxylic acids is 1. The fourth-order valence-electron chi connectivity index (χ4n) is 1.73. The SMILES string of the molecule is O=C(c1c(F)cccc1Br)N1CCNCC1. The van der Waals surface area contributed by atoms with Crippen molar-refractivity contribution >= 4 is 21.8 Å². The normalized spacial score (nSPS) is 16.2. The van der Waals surface area contributed by atoms with Gasteiger partial charge in [-0.15, -0.1) is 0 Å². The summed E-state index contributed by atoms with van der Waals surface area (Å²) in [5, 5.41) is 3.15. The van der Waals surface area contributed by atoms with Crippen molar-refractivity contribution in [2.24, 2.45) is 0 Å². The molecule has 1 saturated heterocycles. The second-order valence-electron chi connectivity index (χ2n) is 3.64. The van der Waals surface area contributed by atoms with Crippen molar-refractivity contribution in [3.8, 4) is 0 Å². The number of rotatable bonds is 1. The lowest BCUT2D eigenvalue weighted by molar-refractivity contribution is 0.0730. The molecule has 0 bridgehead atoms. The Morgan fingerprint density at radius 1 is 1.38 bits per heavy atom. The summed E-state index contributed by atoms with van der Waals surface area (Å²) in [6, 6.07) is 4.56. The van der Waals surface area contributed by atoms with Gasteiger partial charge >= 0.3 is 0 Å². The largest absolute Gasteiger partial charge is 0.336 e. The lowest BCUT2D eigenvalue weighted by atomic mass is 10.1. The van der Waals surface area contributed by atoms with Crippen LogP contribution in [0.5, 0.6) is 0 Å². The highest BCUT2D eigenvalue weighted by molar-refractivity contribution is 9.10. The van der Waals surface area contributed by atoms with Crippen LogP contribution in [0.25, 0.3) is 0 Å². The third kappa shape index (κ3) is 2.25. The van der Waals surface area contributed by atoms with Crippen LogP contribution in [0.1, 0.15) is 10.4 Å². The zero-order valence-corrected chi connectivity index (χ0v) is 10.3. The Morgan fingerprint density at radius 2 is 2.06 bits per heavy atom. The zero-order valence-electron chi connectivity index (χ0n) is 8.67. The molecule has 2 rings (SSSR count). The molecule has 0 radical (unpaired) electrons. The number of hydrogen-bond acceptors (Lipinski definition) is 2. The first kappa shape index (κ1) is 11.5. The summed E-state index contributed by atoms with van der Waals surface area (Å²) in [6.07, 6.45) is 0. The van der Waals surface area contributed by atoms with E-state index < -0.39 is 5.82 Å². The van der Waals surface area contributed by atoms with Crippen molar-refractivity contribution in [2.45, 2.75) is 0 Å². The van der Waals surface area contributed by atoms with E-state index in [0.717, 1.165) is 13.1 Å². The van der Waals surface area contributed by atoms with E-state index in [2.05, 4.69) is 21.2 Å². The second-order valence-corrected chi connectivity index (χ2v) is 4.49. The Bertz CT molecular complexity index is 385. The number of piperazine rings is 1. The number of nitrogens with one attached hydrogen (secondary N) is 1. The van der Waals surface area contributed by atoms with Gasteiger partial charge in [0.15, 0.2) is 0 Å². The van der Waals surface area contributed by atoms with E-state index in [1.165, 1.54) is 6.07 Å². The van der Waals surface area contributed by atoms with Crippen LogP contribution in [0.15, 0.2) is 22.7 Å². The molecule has 0 aromatic heterocycles. The summed E-state index contributed by atoms with van der Waals surface area (Å²) in [5.74, 6) is -0.718. The predicted molar refractivity (Wildman–Crippen MR) is 62.9 cm³/mol. The maximum atomic E-state index is 13.6. The summed E-state index contributed by atoms with van der Waals surface area (Å²) in [7, 11) is 0. The minimum atomic E-state index is -0.474. The monoisotopic (exact) mass is 286 g/mol. The van der Waals surface area contributed by atoms with Crippen LogP contribution in [0.3, 0.4) is 0 Å². The van der Waals surface area contributed by atoms with E-state index in [0.29, 0.717) is 17.6 Å². The number of benzene rings is 1. The highest BCUT2D eigenvalue weighted by atomic mass is 79.9. The van der Waals surface area contributed by atoms with Crippen molar-refractivity contribution in [3.63, 3.8) is 0 Å². The van der Waals surface area contributed by atoms with E-state index >= 15 is 0 Å². The smallest absolute Gasteiger partial charge is 0.258 e. The first-order chi connectivity index (χ1) is 7.70. The molecular weight excluding hydrogens is 275 g/mol. The Labute approximate surface area is 102 Å². The minimum Gasteiger partial charge on any atom is -0.336 e. The lowest BCUT2D eigenvalue weighted by Crippen LogP contribution is -2.46. The zero-order chi connectivity index (χ0) is 11.5. The van der Waals surface area contributed by atoms with Crippen molar-refractivity contribution in [2.75, 3.05) is 26.2 Å². The van der Waals surface area contributed by atoms with E-state index in [4.69, 9.17) is 0 Å². The number of amides is 1. The van der Waals surface area contributed by atoms with Gasteiger partial charge < -0.3 is 10.2 Å². The molecule has 0 unspecified atom stereocenters. The van der Waals surface area contributed by atoms with Gasteiger partial charge in [-0.3, -0.25) is 4.79 Å². The molecule has 3 nitrogen and oxygen atoms in total. The summed E-state index contributed by atoms with van der Waals surface area (Å²) in [5.41, 5.74) is 0.129. The molecule has 0 spiro atoms. The van der Waals surface area contributed by atoms with E-state index in [1.807, 2.05) is 0 Å².